The van der Waals surface area contributed by atoms with Crippen LogP contribution in [0.5, 0.6) is 5.75 Å². The first kappa shape index (κ1) is 19.3. The van der Waals surface area contributed by atoms with Gasteiger partial charge in [-0.05, 0) is 44.5 Å². The Morgan fingerprint density at radius 3 is 2.54 bits per heavy atom. The van der Waals surface area contributed by atoms with Gasteiger partial charge in [0.2, 0.25) is 5.88 Å². The van der Waals surface area contributed by atoms with Crippen LogP contribution in [0.2, 0.25) is 0 Å². The SMILES string of the molecule is CCCCOc1ccc(NC(=O)Nc2onc(C)c2C(=O)OCC)cc1. The average Bonchev–Trinajstić information content (AvgIpc) is 2.97. The lowest BCUT2D eigenvalue weighted by molar-refractivity contribution is 0.0526. The highest BCUT2D eigenvalue weighted by Gasteiger charge is 2.23. The third-order valence-electron chi connectivity index (χ3n) is 3.45. The maximum Gasteiger partial charge on any atom is 0.345 e. The minimum atomic E-state index is -0.602. The predicted octanol–water partition coefficient (Wildman–Crippen LogP) is 3.98. The molecule has 1 aromatic carbocycles. The van der Waals surface area contributed by atoms with E-state index in [1.54, 1.807) is 38.1 Å². The minimum absolute atomic E-state index is 0.0574. The second-order valence-electron chi connectivity index (χ2n) is 5.50. The summed E-state index contributed by atoms with van der Waals surface area (Å²) >= 11 is 0. The standard InChI is InChI=1S/C18H23N3O5/c1-4-6-11-25-14-9-7-13(8-10-14)19-18(23)20-16-15(12(3)21-26-16)17(22)24-5-2/h7-10H,4-6,11H2,1-3H3,(H2,19,20,23). The number of anilines is 2. The van der Waals surface area contributed by atoms with Gasteiger partial charge < -0.3 is 19.3 Å². The van der Waals surface area contributed by atoms with Gasteiger partial charge in [-0.15, -0.1) is 0 Å². The first-order valence-corrected chi connectivity index (χ1v) is 8.49. The van der Waals surface area contributed by atoms with Crippen LogP contribution in [-0.4, -0.2) is 30.4 Å². The van der Waals surface area contributed by atoms with Crippen molar-refractivity contribution in [2.75, 3.05) is 23.8 Å². The fraction of sp³-hybridized carbons (Fsp3) is 0.389. The lowest BCUT2D eigenvalue weighted by atomic mass is 10.2. The molecule has 1 aromatic heterocycles. The zero-order valence-electron chi connectivity index (χ0n) is 15.1. The van der Waals surface area contributed by atoms with Crippen molar-refractivity contribution in [1.82, 2.24) is 5.16 Å². The molecule has 0 unspecified atom stereocenters. The minimum Gasteiger partial charge on any atom is -0.494 e. The molecule has 0 bridgehead atoms. The van der Waals surface area contributed by atoms with E-state index in [1.807, 2.05) is 0 Å². The number of carbonyl (C=O) groups excluding carboxylic acids is 2. The van der Waals surface area contributed by atoms with Crippen molar-refractivity contribution < 1.29 is 23.6 Å². The number of esters is 1. The second kappa shape index (κ2) is 9.45. The normalized spacial score (nSPS) is 10.3. The molecule has 2 rings (SSSR count). The number of ether oxygens (including phenoxy) is 2. The molecule has 0 spiro atoms. The molecule has 0 atom stereocenters. The van der Waals surface area contributed by atoms with Crippen molar-refractivity contribution in [1.29, 1.82) is 0 Å². The third-order valence-corrected chi connectivity index (χ3v) is 3.45. The molecule has 0 aliphatic carbocycles. The molecule has 0 fully saturated rings. The van der Waals surface area contributed by atoms with Crippen LogP contribution in [0.4, 0.5) is 16.4 Å². The lowest BCUT2D eigenvalue weighted by Crippen LogP contribution is -2.21. The Balaban J connectivity index is 1.96. The summed E-state index contributed by atoms with van der Waals surface area (Å²) < 4.78 is 15.5. The summed E-state index contributed by atoms with van der Waals surface area (Å²) in [6.45, 7) is 6.25. The van der Waals surface area contributed by atoms with E-state index in [1.165, 1.54) is 0 Å². The number of benzene rings is 1. The van der Waals surface area contributed by atoms with Crippen LogP contribution < -0.4 is 15.4 Å². The molecular weight excluding hydrogens is 338 g/mol. The van der Waals surface area contributed by atoms with Crippen molar-refractivity contribution >= 4 is 23.6 Å². The topological polar surface area (TPSA) is 103 Å². The summed E-state index contributed by atoms with van der Waals surface area (Å²) in [5, 5.41) is 8.80. The van der Waals surface area contributed by atoms with Gasteiger partial charge in [-0.1, -0.05) is 18.5 Å². The van der Waals surface area contributed by atoms with Crippen LogP contribution in [0.3, 0.4) is 0 Å². The molecule has 2 N–H and O–H groups in total. The second-order valence-corrected chi connectivity index (χ2v) is 5.50. The molecule has 2 aromatic rings. The lowest BCUT2D eigenvalue weighted by Gasteiger charge is -2.08. The maximum absolute atomic E-state index is 12.1. The molecule has 0 saturated heterocycles. The zero-order chi connectivity index (χ0) is 18.9. The number of hydrogen-bond acceptors (Lipinski definition) is 6. The first-order valence-electron chi connectivity index (χ1n) is 8.49. The Kier molecular flexibility index (Phi) is 7.02. The highest BCUT2D eigenvalue weighted by atomic mass is 16.5. The van der Waals surface area contributed by atoms with Crippen LogP contribution >= 0.6 is 0 Å². The van der Waals surface area contributed by atoms with Gasteiger partial charge in [-0.3, -0.25) is 5.32 Å². The molecule has 140 valence electrons. The molecule has 0 radical (unpaired) electrons. The van der Waals surface area contributed by atoms with Crippen molar-refractivity contribution in [3.8, 4) is 5.75 Å². The summed E-state index contributed by atoms with van der Waals surface area (Å²) in [4.78, 5) is 24.1. The number of aryl methyl sites for hydroxylation is 1. The van der Waals surface area contributed by atoms with Crippen molar-refractivity contribution in [2.45, 2.75) is 33.6 Å². The third kappa shape index (κ3) is 5.23. The first-order chi connectivity index (χ1) is 12.5. The summed E-state index contributed by atoms with van der Waals surface area (Å²) in [5.74, 6) is 0.0768. The smallest absolute Gasteiger partial charge is 0.345 e. The monoisotopic (exact) mass is 361 g/mol. The Bertz CT molecular complexity index is 740. The predicted molar refractivity (Wildman–Crippen MR) is 96.7 cm³/mol. The molecule has 1 heterocycles. The van der Waals surface area contributed by atoms with Gasteiger partial charge >= 0.3 is 12.0 Å². The Morgan fingerprint density at radius 1 is 1.15 bits per heavy atom. The molecule has 0 aliphatic heterocycles. The summed E-state index contributed by atoms with van der Waals surface area (Å²) in [6.07, 6.45) is 2.05. The van der Waals surface area contributed by atoms with Crippen LogP contribution in [0, 0.1) is 6.92 Å². The summed E-state index contributed by atoms with van der Waals surface area (Å²) in [6, 6.07) is 6.42. The fourth-order valence-electron chi connectivity index (χ4n) is 2.13. The molecular formula is C18H23N3O5. The van der Waals surface area contributed by atoms with E-state index < -0.39 is 12.0 Å². The van der Waals surface area contributed by atoms with E-state index in [0.29, 0.717) is 18.0 Å². The van der Waals surface area contributed by atoms with Gasteiger partial charge in [-0.25, -0.2) is 9.59 Å². The van der Waals surface area contributed by atoms with E-state index in [0.717, 1.165) is 18.6 Å². The summed E-state index contributed by atoms with van der Waals surface area (Å²) in [7, 11) is 0. The molecule has 8 heteroatoms. The Hall–Kier alpha value is -3.03. The number of amides is 2. The fourth-order valence-corrected chi connectivity index (χ4v) is 2.13. The van der Waals surface area contributed by atoms with Gasteiger partial charge in [-0.2, -0.15) is 0 Å². The van der Waals surface area contributed by atoms with Gasteiger partial charge in [0.05, 0.1) is 18.9 Å². The van der Waals surface area contributed by atoms with E-state index in [4.69, 9.17) is 14.0 Å². The number of aromatic nitrogens is 1. The van der Waals surface area contributed by atoms with Gasteiger partial charge in [0.25, 0.3) is 0 Å². The van der Waals surface area contributed by atoms with Gasteiger partial charge in [0.15, 0.2) is 0 Å². The Morgan fingerprint density at radius 2 is 1.88 bits per heavy atom. The number of unbranched alkanes of at least 4 members (excludes halogenated alkanes) is 1. The molecule has 0 saturated carbocycles. The Labute approximate surface area is 151 Å². The number of carbonyl (C=O) groups is 2. The molecule has 2 amide bonds. The number of rotatable bonds is 8. The average molecular weight is 361 g/mol. The van der Waals surface area contributed by atoms with Crippen molar-refractivity contribution in [2.24, 2.45) is 0 Å². The quantitative estimate of drug-likeness (QED) is 0.544. The zero-order valence-corrected chi connectivity index (χ0v) is 15.1. The molecule has 0 aliphatic rings. The van der Waals surface area contributed by atoms with E-state index in [2.05, 4.69) is 22.7 Å². The van der Waals surface area contributed by atoms with Crippen molar-refractivity contribution in [3.63, 3.8) is 0 Å². The van der Waals surface area contributed by atoms with Gasteiger partial charge in [0.1, 0.15) is 11.3 Å². The van der Waals surface area contributed by atoms with Crippen LogP contribution in [0.25, 0.3) is 0 Å². The molecule has 26 heavy (non-hydrogen) atoms. The number of urea groups is 1. The van der Waals surface area contributed by atoms with E-state index in [-0.39, 0.29) is 18.1 Å². The number of nitrogens with one attached hydrogen (secondary N) is 2. The van der Waals surface area contributed by atoms with E-state index in [9.17, 15) is 9.59 Å². The van der Waals surface area contributed by atoms with Crippen molar-refractivity contribution in [3.05, 3.63) is 35.5 Å². The summed E-state index contributed by atoms with van der Waals surface area (Å²) in [5.41, 5.74) is 1.01. The van der Waals surface area contributed by atoms with Crippen LogP contribution in [-0.2, 0) is 4.74 Å². The largest absolute Gasteiger partial charge is 0.494 e. The van der Waals surface area contributed by atoms with Crippen LogP contribution in [0.15, 0.2) is 28.8 Å². The number of nitrogens with zero attached hydrogens (tertiary/aromatic N) is 1. The maximum atomic E-state index is 12.1. The highest BCUT2D eigenvalue weighted by molar-refractivity contribution is 6.04. The van der Waals surface area contributed by atoms with Crippen LogP contribution in [0.1, 0.15) is 42.7 Å². The van der Waals surface area contributed by atoms with Gasteiger partial charge in [0, 0.05) is 5.69 Å². The molecule has 8 nitrogen and oxygen atoms in total. The van der Waals surface area contributed by atoms with E-state index >= 15 is 0 Å². The highest BCUT2D eigenvalue weighted by Crippen LogP contribution is 2.21. The number of hydrogen-bond donors (Lipinski definition) is 2.